The zero-order valence-electron chi connectivity index (χ0n) is 14.9. The molecule has 7 heteroatoms. The zero-order valence-corrected chi connectivity index (χ0v) is 14.9. The van der Waals surface area contributed by atoms with Gasteiger partial charge in [0.1, 0.15) is 17.2 Å². The first kappa shape index (κ1) is 19.1. The van der Waals surface area contributed by atoms with Crippen molar-refractivity contribution in [2.45, 2.75) is 13.0 Å². The van der Waals surface area contributed by atoms with Gasteiger partial charge in [0, 0.05) is 11.8 Å². The van der Waals surface area contributed by atoms with Gasteiger partial charge >= 0.3 is 5.97 Å². The second-order valence-electron chi connectivity index (χ2n) is 5.32. The van der Waals surface area contributed by atoms with E-state index in [-0.39, 0.29) is 6.61 Å². The Morgan fingerprint density at radius 1 is 0.962 bits per heavy atom. The molecule has 0 heterocycles. The van der Waals surface area contributed by atoms with Crippen molar-refractivity contribution in [3.8, 4) is 17.2 Å². The highest BCUT2D eigenvalue weighted by molar-refractivity contribution is 5.95. The maximum Gasteiger partial charge on any atom is 0.344 e. The fourth-order valence-electron chi connectivity index (χ4n) is 2.04. The van der Waals surface area contributed by atoms with E-state index >= 15 is 0 Å². The molecule has 0 aliphatic carbocycles. The largest absolute Gasteiger partial charge is 0.497 e. The quantitative estimate of drug-likeness (QED) is 0.730. The van der Waals surface area contributed by atoms with E-state index in [2.05, 4.69) is 5.32 Å². The molecule has 0 spiro atoms. The molecule has 7 nitrogen and oxygen atoms in total. The minimum atomic E-state index is -0.965. The van der Waals surface area contributed by atoms with E-state index in [0.717, 1.165) is 0 Å². The summed E-state index contributed by atoms with van der Waals surface area (Å²) in [4.78, 5) is 23.9. The van der Waals surface area contributed by atoms with Crippen LogP contribution in [0.25, 0.3) is 0 Å². The highest BCUT2D eigenvalue weighted by Crippen LogP contribution is 2.18. The van der Waals surface area contributed by atoms with E-state index in [1.165, 1.54) is 14.0 Å². The number of ether oxygens (including phenoxy) is 4. The van der Waals surface area contributed by atoms with Gasteiger partial charge in [0.15, 0.2) is 12.7 Å². The van der Waals surface area contributed by atoms with Crippen LogP contribution in [0.3, 0.4) is 0 Å². The Balaban J connectivity index is 1.80. The minimum Gasteiger partial charge on any atom is -0.497 e. The van der Waals surface area contributed by atoms with Crippen LogP contribution < -0.4 is 19.5 Å². The van der Waals surface area contributed by atoms with Crippen LogP contribution in [0.15, 0.2) is 48.5 Å². The Morgan fingerprint density at radius 2 is 1.62 bits per heavy atom. The number of benzene rings is 2. The second-order valence-corrected chi connectivity index (χ2v) is 5.32. The van der Waals surface area contributed by atoms with Gasteiger partial charge < -0.3 is 24.3 Å². The minimum absolute atomic E-state index is 0.302. The Labute approximate surface area is 151 Å². The molecule has 0 aromatic heterocycles. The lowest BCUT2D eigenvalue weighted by Crippen LogP contribution is -2.31. The summed E-state index contributed by atoms with van der Waals surface area (Å²) in [6.07, 6.45) is -0.965. The topological polar surface area (TPSA) is 83.1 Å². The molecule has 1 atom stereocenters. The molecule has 26 heavy (non-hydrogen) atoms. The molecule has 1 N–H and O–H groups in total. The van der Waals surface area contributed by atoms with Crippen LogP contribution >= 0.6 is 0 Å². The van der Waals surface area contributed by atoms with Gasteiger partial charge in [-0.15, -0.1) is 0 Å². The van der Waals surface area contributed by atoms with Crippen molar-refractivity contribution in [2.75, 3.05) is 26.1 Å². The summed E-state index contributed by atoms with van der Waals surface area (Å²) in [5, 5.41) is 2.66. The predicted molar refractivity (Wildman–Crippen MR) is 95.7 cm³/mol. The van der Waals surface area contributed by atoms with Gasteiger partial charge in [0.2, 0.25) is 0 Å². The Bertz CT molecular complexity index is 744. The van der Waals surface area contributed by atoms with Crippen molar-refractivity contribution in [1.82, 2.24) is 0 Å². The van der Waals surface area contributed by atoms with Crippen LogP contribution in [-0.4, -0.2) is 38.8 Å². The molecule has 1 amide bonds. The van der Waals surface area contributed by atoms with Gasteiger partial charge in [0.25, 0.3) is 5.91 Å². The number of nitrogens with one attached hydrogen (secondary N) is 1. The molecule has 2 aromatic rings. The molecule has 0 aliphatic heterocycles. The van der Waals surface area contributed by atoms with Crippen molar-refractivity contribution >= 4 is 17.6 Å². The number of hydrogen-bond acceptors (Lipinski definition) is 6. The predicted octanol–water partition coefficient (Wildman–Crippen LogP) is 2.65. The van der Waals surface area contributed by atoms with Crippen molar-refractivity contribution in [3.05, 3.63) is 48.5 Å². The van der Waals surface area contributed by atoms with E-state index in [4.69, 9.17) is 18.9 Å². The first-order valence-corrected chi connectivity index (χ1v) is 7.93. The maximum absolute atomic E-state index is 12.1. The summed E-state index contributed by atoms with van der Waals surface area (Å²) in [6.45, 7) is 1.18. The molecule has 0 radical (unpaired) electrons. The third-order valence-corrected chi connectivity index (χ3v) is 3.43. The highest BCUT2D eigenvalue weighted by Gasteiger charge is 2.18. The number of rotatable bonds is 8. The SMILES string of the molecule is COc1ccc(OCC(=O)O[C@@H](C)C(=O)Nc2cccc(OC)c2)cc1. The summed E-state index contributed by atoms with van der Waals surface area (Å²) in [5.74, 6) is 0.699. The van der Waals surface area contributed by atoms with E-state index in [9.17, 15) is 9.59 Å². The molecule has 0 saturated heterocycles. The van der Waals surface area contributed by atoms with Crippen LogP contribution in [-0.2, 0) is 14.3 Å². The summed E-state index contributed by atoms with van der Waals surface area (Å²) in [7, 11) is 3.10. The molecular weight excluding hydrogens is 338 g/mol. The van der Waals surface area contributed by atoms with Crippen LogP contribution in [0.5, 0.6) is 17.2 Å². The first-order chi connectivity index (χ1) is 12.5. The number of anilines is 1. The van der Waals surface area contributed by atoms with Crippen LogP contribution in [0.1, 0.15) is 6.92 Å². The number of carbonyl (C=O) groups excluding carboxylic acids is 2. The second kappa shape index (κ2) is 9.31. The fraction of sp³-hybridized carbons (Fsp3) is 0.263. The Morgan fingerprint density at radius 3 is 2.27 bits per heavy atom. The van der Waals surface area contributed by atoms with E-state index in [1.807, 2.05) is 0 Å². The van der Waals surface area contributed by atoms with Crippen molar-refractivity contribution in [3.63, 3.8) is 0 Å². The third-order valence-electron chi connectivity index (χ3n) is 3.43. The Kier molecular flexibility index (Phi) is 6.84. The highest BCUT2D eigenvalue weighted by atomic mass is 16.6. The average Bonchev–Trinajstić information content (AvgIpc) is 2.66. The Hall–Kier alpha value is -3.22. The first-order valence-electron chi connectivity index (χ1n) is 7.93. The lowest BCUT2D eigenvalue weighted by atomic mass is 10.3. The van der Waals surface area contributed by atoms with Crippen LogP contribution in [0, 0.1) is 0 Å². The molecule has 0 aliphatic rings. The molecule has 0 saturated carbocycles. The average molecular weight is 359 g/mol. The van der Waals surface area contributed by atoms with Crippen molar-refractivity contribution in [2.24, 2.45) is 0 Å². The molecule has 0 unspecified atom stereocenters. The zero-order chi connectivity index (χ0) is 18.9. The number of methoxy groups -OCH3 is 2. The summed E-state index contributed by atoms with van der Waals surface area (Å²) < 4.78 is 20.5. The van der Waals surface area contributed by atoms with E-state index in [0.29, 0.717) is 22.9 Å². The van der Waals surface area contributed by atoms with Crippen LogP contribution in [0.4, 0.5) is 5.69 Å². The summed E-state index contributed by atoms with van der Waals surface area (Å²) in [6, 6.07) is 13.6. The smallest absolute Gasteiger partial charge is 0.344 e. The van der Waals surface area contributed by atoms with E-state index in [1.54, 1.807) is 55.6 Å². The molecule has 0 bridgehead atoms. The standard InChI is InChI=1S/C19H21NO6/c1-13(19(22)20-14-5-4-6-17(11-14)24-3)26-18(21)12-25-16-9-7-15(23-2)8-10-16/h4-11,13H,12H2,1-3H3,(H,20,22)/t13-/m0/s1. The molecule has 0 fully saturated rings. The number of esters is 1. The fourth-order valence-corrected chi connectivity index (χ4v) is 2.04. The number of hydrogen-bond donors (Lipinski definition) is 1. The number of amides is 1. The van der Waals surface area contributed by atoms with Gasteiger partial charge in [-0.1, -0.05) is 6.07 Å². The monoisotopic (exact) mass is 359 g/mol. The third kappa shape index (κ3) is 5.70. The van der Waals surface area contributed by atoms with Gasteiger partial charge in [-0.25, -0.2) is 4.79 Å². The molecule has 138 valence electrons. The lowest BCUT2D eigenvalue weighted by Gasteiger charge is -2.14. The van der Waals surface area contributed by atoms with Crippen molar-refractivity contribution < 1.29 is 28.5 Å². The normalized spacial score (nSPS) is 11.2. The van der Waals surface area contributed by atoms with Gasteiger partial charge in [-0.3, -0.25) is 4.79 Å². The van der Waals surface area contributed by atoms with Gasteiger partial charge in [-0.2, -0.15) is 0 Å². The van der Waals surface area contributed by atoms with Crippen molar-refractivity contribution in [1.29, 1.82) is 0 Å². The van der Waals surface area contributed by atoms with Gasteiger partial charge in [-0.05, 0) is 43.3 Å². The van der Waals surface area contributed by atoms with Crippen LogP contribution in [0.2, 0.25) is 0 Å². The lowest BCUT2D eigenvalue weighted by molar-refractivity contribution is -0.155. The molecular formula is C19H21NO6. The molecule has 2 aromatic carbocycles. The number of carbonyl (C=O) groups is 2. The van der Waals surface area contributed by atoms with E-state index < -0.39 is 18.0 Å². The maximum atomic E-state index is 12.1. The summed E-state index contributed by atoms with van der Waals surface area (Å²) >= 11 is 0. The summed E-state index contributed by atoms with van der Waals surface area (Å²) in [5.41, 5.74) is 0.548. The van der Waals surface area contributed by atoms with Gasteiger partial charge in [0.05, 0.1) is 14.2 Å². The molecule has 2 rings (SSSR count).